The zero-order chi connectivity index (χ0) is 11.9. The summed E-state index contributed by atoms with van der Waals surface area (Å²) < 4.78 is 0. The zero-order valence-electron chi connectivity index (χ0n) is 11.2. The van der Waals surface area contributed by atoms with Crippen LogP contribution in [0.15, 0.2) is 11.6 Å². The second-order valence-corrected chi connectivity index (χ2v) is 6.40. The first-order valence-electron chi connectivity index (χ1n) is 6.85. The molecule has 2 aliphatic carbocycles. The van der Waals surface area contributed by atoms with Gasteiger partial charge in [-0.25, -0.2) is 0 Å². The van der Waals surface area contributed by atoms with Gasteiger partial charge in [0.05, 0.1) is 5.60 Å². The van der Waals surface area contributed by atoms with Crippen LogP contribution in [-0.4, -0.2) is 10.7 Å². The van der Waals surface area contributed by atoms with Crippen LogP contribution in [0.3, 0.4) is 0 Å². The molecule has 0 bridgehead atoms. The second kappa shape index (κ2) is 4.18. The number of hydrogen-bond donors (Lipinski definition) is 1. The third-order valence-corrected chi connectivity index (χ3v) is 5.11. The first-order valence-corrected chi connectivity index (χ1v) is 6.85. The topological polar surface area (TPSA) is 20.2 Å². The predicted octanol–water partition coefficient (Wildman–Crippen LogP) is 3.78. The summed E-state index contributed by atoms with van der Waals surface area (Å²) in [5.41, 5.74) is 1.04. The van der Waals surface area contributed by atoms with Crippen molar-refractivity contribution in [3.63, 3.8) is 0 Å². The maximum Gasteiger partial charge on any atom is 0.0735 e. The average molecular weight is 222 g/mol. The molecule has 2 aliphatic rings. The lowest BCUT2D eigenvalue weighted by atomic mass is 9.58. The van der Waals surface area contributed by atoms with Gasteiger partial charge in [-0.15, -0.1) is 0 Å². The van der Waals surface area contributed by atoms with Gasteiger partial charge in [0.15, 0.2) is 0 Å². The molecule has 0 radical (unpaired) electrons. The van der Waals surface area contributed by atoms with Crippen LogP contribution in [0.25, 0.3) is 0 Å². The average Bonchev–Trinajstić information content (AvgIpc) is 2.23. The van der Waals surface area contributed by atoms with Gasteiger partial charge in [0.1, 0.15) is 0 Å². The molecule has 0 aliphatic heterocycles. The van der Waals surface area contributed by atoms with Crippen molar-refractivity contribution in [2.24, 2.45) is 23.7 Å². The van der Waals surface area contributed by atoms with Crippen molar-refractivity contribution in [3.8, 4) is 0 Å². The molecule has 0 unspecified atom stereocenters. The Morgan fingerprint density at radius 1 is 1.38 bits per heavy atom. The Hall–Kier alpha value is -0.300. The van der Waals surface area contributed by atoms with E-state index in [1.807, 2.05) is 0 Å². The van der Waals surface area contributed by atoms with E-state index in [0.717, 1.165) is 12.3 Å². The van der Waals surface area contributed by atoms with Gasteiger partial charge in [-0.1, -0.05) is 32.4 Å². The third kappa shape index (κ3) is 1.84. The van der Waals surface area contributed by atoms with Crippen LogP contribution in [-0.2, 0) is 0 Å². The van der Waals surface area contributed by atoms with Gasteiger partial charge in [0.25, 0.3) is 0 Å². The fourth-order valence-electron chi connectivity index (χ4n) is 3.75. The Kier molecular flexibility index (Phi) is 3.18. The van der Waals surface area contributed by atoms with Crippen LogP contribution >= 0.6 is 0 Å². The number of aliphatic hydroxyl groups is 1. The standard InChI is InChI=1S/C15H26O/c1-10(2)15(16)8-7-12(4)13-6-5-11(3)9-14(13)15/h9-10,12-14,16H,5-8H2,1-4H3/t12-,13+,14-,15-/m1/s1. The SMILES string of the molecule is CC1=C[C@@H]2[C@@H](CC1)[C@H](C)CC[C@@]2(O)C(C)C. The largest absolute Gasteiger partial charge is 0.389 e. The molecule has 0 spiro atoms. The summed E-state index contributed by atoms with van der Waals surface area (Å²) in [4.78, 5) is 0. The normalized spacial score (nSPS) is 44.1. The quantitative estimate of drug-likeness (QED) is 0.669. The molecule has 0 amide bonds. The minimum absolute atomic E-state index is 0.370. The Bertz CT molecular complexity index is 292. The molecule has 1 heteroatoms. The van der Waals surface area contributed by atoms with E-state index < -0.39 is 5.60 Å². The van der Waals surface area contributed by atoms with Crippen molar-refractivity contribution < 1.29 is 5.11 Å². The minimum atomic E-state index is -0.446. The van der Waals surface area contributed by atoms with Crippen molar-refractivity contribution in [1.29, 1.82) is 0 Å². The molecule has 1 fully saturated rings. The van der Waals surface area contributed by atoms with Crippen molar-refractivity contribution in [1.82, 2.24) is 0 Å². The zero-order valence-corrected chi connectivity index (χ0v) is 11.2. The molecule has 0 heterocycles. The number of fused-ring (bicyclic) bond motifs is 1. The van der Waals surface area contributed by atoms with Crippen molar-refractivity contribution in [3.05, 3.63) is 11.6 Å². The van der Waals surface area contributed by atoms with Crippen LogP contribution < -0.4 is 0 Å². The lowest BCUT2D eigenvalue weighted by Gasteiger charge is -2.50. The van der Waals surface area contributed by atoms with Crippen molar-refractivity contribution in [2.45, 2.75) is 59.0 Å². The Morgan fingerprint density at radius 3 is 2.69 bits per heavy atom. The van der Waals surface area contributed by atoms with Crippen LogP contribution in [0.2, 0.25) is 0 Å². The Morgan fingerprint density at radius 2 is 2.06 bits per heavy atom. The van der Waals surface area contributed by atoms with Crippen molar-refractivity contribution >= 4 is 0 Å². The van der Waals surface area contributed by atoms with E-state index in [1.54, 1.807) is 0 Å². The summed E-state index contributed by atoms with van der Waals surface area (Å²) in [6.07, 6.45) is 7.08. The van der Waals surface area contributed by atoms with E-state index in [2.05, 4.69) is 33.8 Å². The molecule has 1 N–H and O–H groups in total. The number of rotatable bonds is 1. The molecule has 1 nitrogen and oxygen atoms in total. The molecule has 16 heavy (non-hydrogen) atoms. The van der Waals surface area contributed by atoms with Gasteiger partial charge in [-0.2, -0.15) is 0 Å². The lowest BCUT2D eigenvalue weighted by Crippen LogP contribution is -2.51. The molecule has 92 valence electrons. The summed E-state index contributed by atoms with van der Waals surface area (Å²) in [7, 11) is 0. The molecule has 0 saturated heterocycles. The van der Waals surface area contributed by atoms with Crippen LogP contribution in [0.5, 0.6) is 0 Å². The highest BCUT2D eigenvalue weighted by Crippen LogP contribution is 2.50. The van der Waals surface area contributed by atoms with Gasteiger partial charge in [-0.3, -0.25) is 0 Å². The van der Waals surface area contributed by atoms with E-state index in [0.29, 0.717) is 17.8 Å². The Balaban J connectivity index is 2.32. The summed E-state index contributed by atoms with van der Waals surface area (Å²) in [6, 6.07) is 0. The predicted molar refractivity (Wildman–Crippen MR) is 68.2 cm³/mol. The minimum Gasteiger partial charge on any atom is -0.389 e. The second-order valence-electron chi connectivity index (χ2n) is 6.40. The van der Waals surface area contributed by atoms with Crippen LogP contribution in [0.1, 0.15) is 53.4 Å². The molecule has 1 saturated carbocycles. The van der Waals surface area contributed by atoms with E-state index in [4.69, 9.17) is 0 Å². The van der Waals surface area contributed by atoms with E-state index in [9.17, 15) is 5.11 Å². The van der Waals surface area contributed by atoms with Gasteiger partial charge in [0.2, 0.25) is 0 Å². The van der Waals surface area contributed by atoms with Gasteiger partial charge < -0.3 is 5.11 Å². The monoisotopic (exact) mass is 222 g/mol. The highest BCUT2D eigenvalue weighted by molar-refractivity contribution is 5.15. The smallest absolute Gasteiger partial charge is 0.0735 e. The lowest BCUT2D eigenvalue weighted by molar-refractivity contribution is -0.107. The number of hydrogen-bond acceptors (Lipinski definition) is 1. The maximum absolute atomic E-state index is 10.9. The first-order chi connectivity index (χ1) is 7.45. The first kappa shape index (κ1) is 12.2. The van der Waals surface area contributed by atoms with E-state index >= 15 is 0 Å². The highest BCUT2D eigenvalue weighted by atomic mass is 16.3. The molecule has 0 aromatic carbocycles. The fraction of sp³-hybridized carbons (Fsp3) is 0.867. The van der Waals surface area contributed by atoms with E-state index in [-0.39, 0.29) is 0 Å². The molecule has 2 rings (SSSR count). The summed E-state index contributed by atoms with van der Waals surface area (Å²) in [6.45, 7) is 8.93. The van der Waals surface area contributed by atoms with Crippen LogP contribution in [0, 0.1) is 23.7 Å². The summed E-state index contributed by atoms with van der Waals surface area (Å²) >= 11 is 0. The molecule has 4 atom stereocenters. The number of allylic oxidation sites excluding steroid dienone is 1. The fourth-order valence-corrected chi connectivity index (χ4v) is 3.75. The summed E-state index contributed by atoms with van der Waals surface area (Å²) in [5, 5.41) is 10.9. The maximum atomic E-state index is 10.9. The molecular weight excluding hydrogens is 196 g/mol. The third-order valence-electron chi connectivity index (χ3n) is 5.11. The molecule has 0 aromatic heterocycles. The highest BCUT2D eigenvalue weighted by Gasteiger charge is 2.48. The molecule has 0 aromatic rings. The molecular formula is C15H26O. The Labute approximate surface area is 99.9 Å². The van der Waals surface area contributed by atoms with Crippen molar-refractivity contribution in [2.75, 3.05) is 0 Å². The van der Waals surface area contributed by atoms with E-state index in [1.165, 1.54) is 24.8 Å². The van der Waals surface area contributed by atoms with Gasteiger partial charge in [-0.05, 0) is 50.4 Å². The van der Waals surface area contributed by atoms with Gasteiger partial charge in [0, 0.05) is 5.92 Å². The summed E-state index contributed by atoms with van der Waals surface area (Å²) in [5.74, 6) is 2.28. The van der Waals surface area contributed by atoms with Crippen LogP contribution in [0.4, 0.5) is 0 Å². The van der Waals surface area contributed by atoms with Gasteiger partial charge >= 0.3 is 0 Å².